The number of rotatable bonds is 3. The van der Waals surface area contributed by atoms with Gasteiger partial charge in [0.2, 0.25) is 6.79 Å². The highest BCUT2D eigenvalue weighted by Gasteiger charge is 2.25. The number of fused-ring (bicyclic) bond motifs is 1. The predicted molar refractivity (Wildman–Crippen MR) is 65.6 cm³/mol. The molecular formula is C12H15NO4S. The number of ether oxygens (including phenoxy) is 2. The molecule has 1 unspecified atom stereocenters. The van der Waals surface area contributed by atoms with Gasteiger partial charge in [0.15, 0.2) is 21.3 Å². The smallest absolute Gasteiger partial charge is 0.231 e. The van der Waals surface area contributed by atoms with E-state index in [1.807, 2.05) is 0 Å². The van der Waals surface area contributed by atoms with E-state index < -0.39 is 9.84 Å². The molecule has 98 valence electrons. The second-order valence-corrected chi connectivity index (χ2v) is 6.62. The van der Waals surface area contributed by atoms with Crippen molar-refractivity contribution < 1.29 is 17.9 Å². The molecule has 0 aliphatic carbocycles. The Hall–Kier alpha value is -1.27. The molecule has 2 heterocycles. The lowest BCUT2D eigenvalue weighted by atomic mass is 10.3. The summed E-state index contributed by atoms with van der Waals surface area (Å²) in [7, 11) is -3.26. The maximum absolute atomic E-state index is 12.3. The standard InChI is InChI=1S/C12H15NO4S/c14-18(15,7-9-2-1-5-13-9)10-3-4-11-12(6-10)17-8-16-11/h3-4,6,9,13H,1-2,5,7-8H2. The summed E-state index contributed by atoms with van der Waals surface area (Å²) >= 11 is 0. The molecule has 0 bridgehead atoms. The quantitative estimate of drug-likeness (QED) is 0.884. The van der Waals surface area contributed by atoms with Crippen LogP contribution in [0, 0.1) is 0 Å². The van der Waals surface area contributed by atoms with Crippen molar-refractivity contribution in [3.05, 3.63) is 18.2 Å². The molecule has 6 heteroatoms. The van der Waals surface area contributed by atoms with Crippen LogP contribution in [0.2, 0.25) is 0 Å². The van der Waals surface area contributed by atoms with Crippen LogP contribution in [-0.2, 0) is 9.84 Å². The van der Waals surface area contributed by atoms with Crippen molar-refractivity contribution in [3.8, 4) is 11.5 Å². The zero-order valence-corrected chi connectivity index (χ0v) is 10.7. The van der Waals surface area contributed by atoms with Crippen LogP contribution in [0.15, 0.2) is 23.1 Å². The van der Waals surface area contributed by atoms with Crippen molar-refractivity contribution in [2.45, 2.75) is 23.8 Å². The summed E-state index contributed by atoms with van der Waals surface area (Å²) < 4.78 is 34.9. The Kier molecular flexibility index (Phi) is 2.91. The van der Waals surface area contributed by atoms with E-state index in [2.05, 4.69) is 5.32 Å². The monoisotopic (exact) mass is 269 g/mol. The topological polar surface area (TPSA) is 64.6 Å². The Morgan fingerprint density at radius 3 is 2.89 bits per heavy atom. The fourth-order valence-corrected chi connectivity index (χ4v) is 3.90. The van der Waals surface area contributed by atoms with Gasteiger partial charge in [0.05, 0.1) is 10.6 Å². The van der Waals surface area contributed by atoms with Crippen LogP contribution in [0.1, 0.15) is 12.8 Å². The minimum Gasteiger partial charge on any atom is -0.454 e. The van der Waals surface area contributed by atoms with E-state index in [9.17, 15) is 8.42 Å². The fourth-order valence-electron chi connectivity index (χ4n) is 2.33. The van der Waals surface area contributed by atoms with Gasteiger partial charge < -0.3 is 14.8 Å². The Balaban J connectivity index is 1.84. The summed E-state index contributed by atoms with van der Waals surface area (Å²) in [4.78, 5) is 0.306. The van der Waals surface area contributed by atoms with E-state index in [0.717, 1.165) is 19.4 Å². The highest BCUT2D eigenvalue weighted by molar-refractivity contribution is 7.91. The first-order valence-corrected chi connectivity index (χ1v) is 7.66. The van der Waals surface area contributed by atoms with E-state index in [0.29, 0.717) is 16.4 Å². The fraction of sp³-hybridized carbons (Fsp3) is 0.500. The van der Waals surface area contributed by atoms with Crippen LogP contribution in [0.3, 0.4) is 0 Å². The summed E-state index contributed by atoms with van der Waals surface area (Å²) in [5, 5.41) is 3.20. The number of hydrogen-bond acceptors (Lipinski definition) is 5. The van der Waals surface area contributed by atoms with Crippen LogP contribution in [0.4, 0.5) is 0 Å². The molecule has 1 atom stereocenters. The summed E-state index contributed by atoms with van der Waals surface area (Å²) in [6.45, 7) is 1.06. The van der Waals surface area contributed by atoms with Gasteiger partial charge in [-0.2, -0.15) is 0 Å². The average molecular weight is 269 g/mol. The van der Waals surface area contributed by atoms with Gasteiger partial charge >= 0.3 is 0 Å². The molecule has 0 saturated carbocycles. The molecule has 2 aliphatic rings. The molecule has 2 aliphatic heterocycles. The zero-order valence-electron chi connectivity index (χ0n) is 9.89. The van der Waals surface area contributed by atoms with Gasteiger partial charge in [-0.1, -0.05) is 0 Å². The molecule has 1 N–H and O–H groups in total. The molecule has 0 aromatic heterocycles. The maximum atomic E-state index is 12.3. The summed E-state index contributed by atoms with van der Waals surface area (Å²) in [5.41, 5.74) is 0. The van der Waals surface area contributed by atoms with Gasteiger partial charge in [0, 0.05) is 12.1 Å². The molecule has 1 fully saturated rings. The molecule has 5 nitrogen and oxygen atoms in total. The molecule has 1 aromatic rings. The molecule has 0 amide bonds. The van der Waals surface area contributed by atoms with Gasteiger partial charge in [0.1, 0.15) is 0 Å². The predicted octanol–water partition coefficient (Wildman–Crippen LogP) is 0.941. The third kappa shape index (κ3) is 2.18. The molecular weight excluding hydrogens is 254 g/mol. The lowest BCUT2D eigenvalue weighted by Gasteiger charge is -2.11. The van der Waals surface area contributed by atoms with Gasteiger partial charge in [-0.05, 0) is 31.5 Å². The number of benzene rings is 1. The first-order valence-electron chi connectivity index (χ1n) is 6.01. The van der Waals surface area contributed by atoms with E-state index in [-0.39, 0.29) is 18.6 Å². The van der Waals surface area contributed by atoms with Crippen LogP contribution >= 0.6 is 0 Å². The summed E-state index contributed by atoms with van der Waals surface area (Å²) in [5.74, 6) is 1.26. The SMILES string of the molecule is O=S(=O)(CC1CCCN1)c1ccc2c(c1)OCO2. The number of hydrogen-bond donors (Lipinski definition) is 1. The summed E-state index contributed by atoms with van der Waals surface area (Å²) in [6.07, 6.45) is 1.96. The molecule has 0 radical (unpaired) electrons. The van der Waals surface area contributed by atoms with E-state index in [1.54, 1.807) is 18.2 Å². The van der Waals surface area contributed by atoms with Gasteiger partial charge in [-0.25, -0.2) is 8.42 Å². The second-order valence-electron chi connectivity index (χ2n) is 4.59. The van der Waals surface area contributed by atoms with Crippen LogP contribution in [-0.4, -0.2) is 33.6 Å². The Morgan fingerprint density at radius 2 is 2.11 bits per heavy atom. The minimum absolute atomic E-state index is 0.0698. The molecule has 1 aromatic carbocycles. The Labute approximate surface area is 106 Å². The third-order valence-electron chi connectivity index (χ3n) is 3.29. The first-order chi connectivity index (χ1) is 8.65. The summed E-state index contributed by atoms with van der Waals surface area (Å²) in [6, 6.07) is 4.85. The van der Waals surface area contributed by atoms with E-state index in [4.69, 9.17) is 9.47 Å². The normalized spacial score (nSPS) is 22.3. The lowest BCUT2D eigenvalue weighted by molar-refractivity contribution is 0.174. The van der Waals surface area contributed by atoms with Crippen LogP contribution < -0.4 is 14.8 Å². The molecule has 1 saturated heterocycles. The third-order valence-corrected chi connectivity index (χ3v) is 5.10. The maximum Gasteiger partial charge on any atom is 0.231 e. The minimum atomic E-state index is -3.26. The van der Waals surface area contributed by atoms with E-state index >= 15 is 0 Å². The number of sulfone groups is 1. The van der Waals surface area contributed by atoms with Crippen LogP contribution in [0.5, 0.6) is 11.5 Å². The van der Waals surface area contributed by atoms with Gasteiger partial charge in [-0.15, -0.1) is 0 Å². The van der Waals surface area contributed by atoms with Crippen molar-refractivity contribution in [3.63, 3.8) is 0 Å². The van der Waals surface area contributed by atoms with Gasteiger partial charge in [0.25, 0.3) is 0 Å². The van der Waals surface area contributed by atoms with E-state index in [1.165, 1.54) is 0 Å². The first kappa shape index (κ1) is 11.8. The van der Waals surface area contributed by atoms with Crippen LogP contribution in [0.25, 0.3) is 0 Å². The molecule has 0 spiro atoms. The van der Waals surface area contributed by atoms with Gasteiger partial charge in [-0.3, -0.25) is 0 Å². The largest absolute Gasteiger partial charge is 0.454 e. The lowest BCUT2D eigenvalue weighted by Crippen LogP contribution is -2.29. The number of nitrogens with one attached hydrogen (secondary N) is 1. The van der Waals surface area contributed by atoms with Crippen molar-refractivity contribution in [2.75, 3.05) is 19.1 Å². The zero-order chi connectivity index (χ0) is 12.6. The van der Waals surface area contributed by atoms with Crippen molar-refractivity contribution in [2.24, 2.45) is 0 Å². The molecule has 3 rings (SSSR count). The second kappa shape index (κ2) is 4.44. The highest BCUT2D eigenvalue weighted by Crippen LogP contribution is 2.34. The molecule has 18 heavy (non-hydrogen) atoms. The van der Waals surface area contributed by atoms with Crippen molar-refractivity contribution >= 4 is 9.84 Å². The Bertz CT molecular complexity index is 549. The average Bonchev–Trinajstić information content (AvgIpc) is 2.97. The Morgan fingerprint density at radius 1 is 1.28 bits per heavy atom. The highest BCUT2D eigenvalue weighted by atomic mass is 32.2. The van der Waals surface area contributed by atoms with Crippen molar-refractivity contribution in [1.82, 2.24) is 5.32 Å². The van der Waals surface area contributed by atoms with Crippen molar-refractivity contribution in [1.29, 1.82) is 0 Å².